The molecule has 1 amide bonds. The van der Waals surface area contributed by atoms with Crippen LogP contribution in [-0.4, -0.2) is 24.2 Å². The summed E-state index contributed by atoms with van der Waals surface area (Å²) in [7, 11) is 0. The lowest BCUT2D eigenvalue weighted by Crippen LogP contribution is -2.26. The second kappa shape index (κ2) is 9.21. The summed E-state index contributed by atoms with van der Waals surface area (Å²) in [6, 6.07) is 9.31. The molecule has 0 saturated heterocycles. The number of amides is 1. The summed E-state index contributed by atoms with van der Waals surface area (Å²) in [6.45, 7) is -0.271. The van der Waals surface area contributed by atoms with E-state index in [1.807, 2.05) is 12.1 Å². The summed E-state index contributed by atoms with van der Waals surface area (Å²) < 4.78 is 5.13. The highest BCUT2D eigenvalue weighted by atomic mass is 32.2. The number of esters is 1. The molecule has 122 valence electrons. The molecule has 0 unspecified atom stereocenters. The third kappa shape index (κ3) is 5.61. The van der Waals surface area contributed by atoms with E-state index >= 15 is 0 Å². The normalized spacial score (nSPS) is 14.7. The lowest BCUT2D eigenvalue weighted by atomic mass is 9.89. The summed E-state index contributed by atoms with van der Waals surface area (Å²) in [5, 5.41) is 11.4. The molecule has 0 atom stereocenters. The summed E-state index contributed by atoms with van der Waals surface area (Å²) in [6.07, 6.45) is 4.98. The summed E-state index contributed by atoms with van der Waals surface area (Å²) in [4.78, 5) is 24.7. The van der Waals surface area contributed by atoms with Gasteiger partial charge in [0.2, 0.25) is 0 Å². The van der Waals surface area contributed by atoms with Gasteiger partial charge in [-0.2, -0.15) is 5.26 Å². The Kier molecular flexibility index (Phi) is 6.95. The Labute approximate surface area is 140 Å². The maximum atomic E-state index is 12.0. The Morgan fingerprint density at radius 2 is 2.00 bits per heavy atom. The van der Waals surface area contributed by atoms with Crippen LogP contribution in [0, 0.1) is 17.2 Å². The second-order valence-electron chi connectivity index (χ2n) is 5.43. The molecule has 0 bridgehead atoms. The quantitative estimate of drug-likeness (QED) is 0.638. The lowest BCUT2D eigenvalue weighted by molar-refractivity contribution is -0.152. The number of hydrogen-bond acceptors (Lipinski definition) is 5. The van der Waals surface area contributed by atoms with E-state index in [1.165, 1.54) is 18.2 Å². The Hall–Kier alpha value is -2.00. The van der Waals surface area contributed by atoms with Crippen molar-refractivity contribution in [3.8, 4) is 6.07 Å². The van der Waals surface area contributed by atoms with E-state index in [9.17, 15) is 9.59 Å². The Morgan fingerprint density at radius 3 is 2.74 bits per heavy atom. The Bertz CT molecular complexity index is 592. The van der Waals surface area contributed by atoms with E-state index in [0.29, 0.717) is 11.4 Å². The van der Waals surface area contributed by atoms with Crippen molar-refractivity contribution in [3.63, 3.8) is 0 Å². The van der Waals surface area contributed by atoms with Gasteiger partial charge in [-0.05, 0) is 25.0 Å². The monoisotopic (exact) mass is 332 g/mol. The van der Waals surface area contributed by atoms with Crippen LogP contribution in [0.4, 0.5) is 5.69 Å². The van der Waals surface area contributed by atoms with Gasteiger partial charge in [0.25, 0.3) is 5.91 Å². The van der Waals surface area contributed by atoms with Crippen molar-refractivity contribution in [2.75, 3.05) is 17.7 Å². The average Bonchev–Trinajstić information content (AvgIpc) is 2.59. The van der Waals surface area contributed by atoms with Gasteiger partial charge in [-0.1, -0.05) is 31.4 Å². The number of benzene rings is 1. The fourth-order valence-corrected chi connectivity index (χ4v) is 3.25. The van der Waals surface area contributed by atoms with E-state index in [4.69, 9.17) is 10.00 Å². The van der Waals surface area contributed by atoms with Gasteiger partial charge in [0.05, 0.1) is 23.4 Å². The summed E-state index contributed by atoms with van der Waals surface area (Å²) in [5.74, 6) is -0.384. The molecule has 0 radical (unpaired) electrons. The van der Waals surface area contributed by atoms with Crippen LogP contribution < -0.4 is 5.32 Å². The molecule has 1 saturated carbocycles. The molecular formula is C17H20N2O3S. The maximum absolute atomic E-state index is 12.0. The number of hydrogen-bond donors (Lipinski definition) is 1. The van der Waals surface area contributed by atoms with Gasteiger partial charge < -0.3 is 10.1 Å². The van der Waals surface area contributed by atoms with Gasteiger partial charge in [-0.3, -0.25) is 9.59 Å². The fourth-order valence-electron chi connectivity index (χ4n) is 2.58. The average molecular weight is 332 g/mol. The molecule has 1 aliphatic rings. The number of ether oxygens (including phenoxy) is 1. The third-order valence-corrected chi connectivity index (χ3v) is 4.68. The molecular weight excluding hydrogens is 312 g/mol. The van der Waals surface area contributed by atoms with Crippen molar-refractivity contribution in [3.05, 3.63) is 24.3 Å². The molecule has 0 aromatic heterocycles. The number of nitriles is 1. The predicted molar refractivity (Wildman–Crippen MR) is 88.9 cm³/mol. The van der Waals surface area contributed by atoms with E-state index in [0.717, 1.165) is 30.6 Å². The molecule has 1 aromatic carbocycles. The highest BCUT2D eigenvalue weighted by Gasteiger charge is 2.23. The first-order chi connectivity index (χ1) is 11.2. The van der Waals surface area contributed by atoms with Crippen molar-refractivity contribution in [1.82, 2.24) is 0 Å². The van der Waals surface area contributed by atoms with Crippen LogP contribution in [0.5, 0.6) is 0 Å². The van der Waals surface area contributed by atoms with Gasteiger partial charge in [-0.25, -0.2) is 0 Å². The lowest BCUT2D eigenvalue weighted by Gasteiger charge is -2.19. The molecule has 0 spiro atoms. The molecule has 23 heavy (non-hydrogen) atoms. The number of nitrogens with one attached hydrogen (secondary N) is 1. The van der Waals surface area contributed by atoms with Gasteiger partial charge in [0.15, 0.2) is 6.61 Å². The number of carbonyl (C=O) groups is 2. The van der Waals surface area contributed by atoms with Gasteiger partial charge >= 0.3 is 5.97 Å². The van der Waals surface area contributed by atoms with E-state index in [2.05, 4.69) is 11.4 Å². The summed E-state index contributed by atoms with van der Waals surface area (Å²) >= 11 is 1.35. The van der Waals surface area contributed by atoms with Crippen LogP contribution in [0.2, 0.25) is 0 Å². The standard InChI is InChI=1S/C17H20N2O3S/c18-10-11-23-15-9-5-4-8-14(15)19-16(20)12-22-17(21)13-6-2-1-3-7-13/h4-5,8-9,13H,1-3,6-7,11-12H2,(H,19,20). The summed E-state index contributed by atoms with van der Waals surface area (Å²) in [5.41, 5.74) is 0.631. The number of thioether (sulfide) groups is 1. The number of para-hydroxylation sites is 1. The first-order valence-corrected chi connectivity index (χ1v) is 8.74. The highest BCUT2D eigenvalue weighted by molar-refractivity contribution is 7.99. The van der Waals surface area contributed by atoms with Crippen molar-refractivity contribution >= 4 is 29.3 Å². The van der Waals surface area contributed by atoms with Crippen LogP contribution in [0.25, 0.3) is 0 Å². The fraction of sp³-hybridized carbons (Fsp3) is 0.471. The minimum absolute atomic E-state index is 0.0602. The number of anilines is 1. The number of nitrogens with zero attached hydrogens (tertiary/aromatic N) is 1. The largest absolute Gasteiger partial charge is 0.455 e. The maximum Gasteiger partial charge on any atom is 0.309 e. The van der Waals surface area contributed by atoms with Crippen LogP contribution in [0.15, 0.2) is 29.2 Å². The first kappa shape index (κ1) is 17.4. The minimum atomic E-state index is -0.362. The molecule has 1 fully saturated rings. The molecule has 1 aromatic rings. The van der Waals surface area contributed by atoms with Crippen molar-refractivity contribution in [1.29, 1.82) is 5.26 Å². The van der Waals surface area contributed by atoms with Crippen LogP contribution in [0.1, 0.15) is 32.1 Å². The zero-order valence-electron chi connectivity index (χ0n) is 12.9. The first-order valence-electron chi connectivity index (χ1n) is 7.76. The van der Waals surface area contributed by atoms with Crippen LogP contribution in [-0.2, 0) is 14.3 Å². The zero-order chi connectivity index (χ0) is 16.5. The molecule has 0 heterocycles. The highest BCUT2D eigenvalue weighted by Crippen LogP contribution is 2.27. The number of rotatable bonds is 6. The predicted octanol–water partition coefficient (Wildman–Crippen LogP) is 3.36. The van der Waals surface area contributed by atoms with Crippen LogP contribution >= 0.6 is 11.8 Å². The minimum Gasteiger partial charge on any atom is -0.455 e. The Balaban J connectivity index is 1.82. The second-order valence-corrected chi connectivity index (χ2v) is 6.45. The topological polar surface area (TPSA) is 79.2 Å². The smallest absolute Gasteiger partial charge is 0.309 e. The van der Waals surface area contributed by atoms with E-state index in [-0.39, 0.29) is 24.4 Å². The zero-order valence-corrected chi connectivity index (χ0v) is 13.7. The third-order valence-electron chi connectivity index (χ3n) is 3.74. The van der Waals surface area contributed by atoms with Crippen molar-refractivity contribution in [2.24, 2.45) is 5.92 Å². The molecule has 5 nitrogen and oxygen atoms in total. The van der Waals surface area contributed by atoms with E-state index in [1.54, 1.807) is 12.1 Å². The van der Waals surface area contributed by atoms with Crippen molar-refractivity contribution in [2.45, 2.75) is 37.0 Å². The molecule has 1 N–H and O–H groups in total. The van der Waals surface area contributed by atoms with Gasteiger partial charge in [0, 0.05) is 4.90 Å². The molecule has 1 aliphatic carbocycles. The SMILES string of the molecule is N#CCSc1ccccc1NC(=O)COC(=O)C1CCCCC1. The molecule has 2 rings (SSSR count). The van der Waals surface area contributed by atoms with Gasteiger partial charge in [-0.15, -0.1) is 11.8 Å². The Morgan fingerprint density at radius 1 is 1.26 bits per heavy atom. The van der Waals surface area contributed by atoms with Crippen molar-refractivity contribution < 1.29 is 14.3 Å². The van der Waals surface area contributed by atoms with Gasteiger partial charge in [0.1, 0.15) is 0 Å². The number of carbonyl (C=O) groups excluding carboxylic acids is 2. The van der Waals surface area contributed by atoms with Crippen LogP contribution in [0.3, 0.4) is 0 Å². The van der Waals surface area contributed by atoms with E-state index < -0.39 is 0 Å². The molecule has 0 aliphatic heterocycles. The molecule has 6 heteroatoms.